The zero-order valence-electron chi connectivity index (χ0n) is 16.0. The molecule has 0 fully saturated rings. The largest absolute Gasteiger partial charge is 0.481 e. The number of carboxylic acids is 1. The maximum absolute atomic E-state index is 11.2. The van der Waals surface area contributed by atoms with Gasteiger partial charge in [-0.15, -0.1) is 0 Å². The number of hydrogen-bond acceptors (Lipinski definition) is 1. The van der Waals surface area contributed by atoms with E-state index >= 15 is 0 Å². The first-order valence-electron chi connectivity index (χ1n) is 10.4. The predicted octanol–water partition coefficient (Wildman–Crippen LogP) is 7.36. The summed E-state index contributed by atoms with van der Waals surface area (Å²) in [6.07, 6.45) is 21.4. The maximum Gasteiger partial charge on any atom is 0.306 e. The van der Waals surface area contributed by atoms with Gasteiger partial charge in [-0.25, -0.2) is 0 Å². The molecule has 0 saturated heterocycles. The molecule has 2 nitrogen and oxygen atoms in total. The second kappa shape index (κ2) is 17.8. The van der Waals surface area contributed by atoms with Crippen LogP contribution in [-0.2, 0) is 4.79 Å². The predicted molar refractivity (Wildman–Crippen MR) is 101 cm³/mol. The third kappa shape index (κ3) is 16.1. The standard InChI is InChI=1S/C21H42O2/c1-3-5-7-8-9-10-11-12-13-14-15-16-17-19-20(21(22)23)18-6-4-2/h20H,3-19H2,1-2H3,(H,22,23). The summed E-state index contributed by atoms with van der Waals surface area (Å²) in [5.41, 5.74) is 0. The Labute approximate surface area is 145 Å². The summed E-state index contributed by atoms with van der Waals surface area (Å²) in [6, 6.07) is 0. The lowest BCUT2D eigenvalue weighted by molar-refractivity contribution is -0.142. The van der Waals surface area contributed by atoms with E-state index in [1.165, 1.54) is 77.0 Å². The zero-order valence-corrected chi connectivity index (χ0v) is 16.0. The fourth-order valence-corrected chi connectivity index (χ4v) is 3.25. The summed E-state index contributed by atoms with van der Waals surface area (Å²) >= 11 is 0. The molecular formula is C21H42O2. The minimum atomic E-state index is -0.586. The fourth-order valence-electron chi connectivity index (χ4n) is 3.25. The van der Waals surface area contributed by atoms with Crippen LogP contribution in [0, 0.1) is 5.92 Å². The van der Waals surface area contributed by atoms with Crippen molar-refractivity contribution in [3.05, 3.63) is 0 Å². The normalized spacial score (nSPS) is 12.4. The number of carbonyl (C=O) groups is 1. The summed E-state index contributed by atoms with van der Waals surface area (Å²) in [7, 11) is 0. The molecule has 0 bridgehead atoms. The third-order valence-electron chi connectivity index (χ3n) is 4.91. The molecule has 1 N–H and O–H groups in total. The minimum Gasteiger partial charge on any atom is -0.481 e. The van der Waals surface area contributed by atoms with Crippen molar-refractivity contribution >= 4 is 5.97 Å². The van der Waals surface area contributed by atoms with Crippen molar-refractivity contribution in [1.29, 1.82) is 0 Å². The molecule has 0 heterocycles. The van der Waals surface area contributed by atoms with E-state index in [9.17, 15) is 9.90 Å². The van der Waals surface area contributed by atoms with E-state index < -0.39 is 5.97 Å². The molecule has 0 aliphatic carbocycles. The van der Waals surface area contributed by atoms with Crippen LogP contribution in [0.15, 0.2) is 0 Å². The summed E-state index contributed by atoms with van der Waals surface area (Å²) in [5, 5.41) is 9.19. The fraction of sp³-hybridized carbons (Fsp3) is 0.952. The van der Waals surface area contributed by atoms with Crippen LogP contribution >= 0.6 is 0 Å². The van der Waals surface area contributed by atoms with Gasteiger partial charge in [-0.05, 0) is 12.8 Å². The first-order chi connectivity index (χ1) is 11.2. The smallest absolute Gasteiger partial charge is 0.306 e. The van der Waals surface area contributed by atoms with Crippen LogP contribution in [0.1, 0.15) is 123 Å². The molecule has 0 aliphatic rings. The first kappa shape index (κ1) is 22.5. The Morgan fingerprint density at radius 2 is 0.957 bits per heavy atom. The molecule has 1 unspecified atom stereocenters. The van der Waals surface area contributed by atoms with Crippen molar-refractivity contribution in [2.24, 2.45) is 5.92 Å². The van der Waals surface area contributed by atoms with Gasteiger partial charge in [0.1, 0.15) is 0 Å². The SMILES string of the molecule is CCCCCCCCCCCCCCCC(CCCC)C(=O)O. The molecule has 1 atom stereocenters. The summed E-state index contributed by atoms with van der Waals surface area (Å²) < 4.78 is 0. The number of hydrogen-bond donors (Lipinski definition) is 1. The van der Waals surface area contributed by atoms with Crippen molar-refractivity contribution in [3.63, 3.8) is 0 Å². The van der Waals surface area contributed by atoms with Crippen molar-refractivity contribution in [2.45, 2.75) is 123 Å². The van der Waals surface area contributed by atoms with Gasteiger partial charge in [-0.1, -0.05) is 110 Å². The molecule has 0 spiro atoms. The van der Waals surface area contributed by atoms with Gasteiger partial charge in [0.15, 0.2) is 0 Å². The average molecular weight is 327 g/mol. The lowest BCUT2D eigenvalue weighted by Crippen LogP contribution is -2.13. The van der Waals surface area contributed by atoms with Crippen LogP contribution in [0.25, 0.3) is 0 Å². The molecular weight excluding hydrogens is 284 g/mol. The number of carboxylic acid groups (broad SMARTS) is 1. The Bertz CT molecular complexity index is 250. The molecule has 2 heteroatoms. The van der Waals surface area contributed by atoms with E-state index in [2.05, 4.69) is 13.8 Å². The lowest BCUT2D eigenvalue weighted by Gasteiger charge is -2.11. The van der Waals surface area contributed by atoms with Crippen LogP contribution in [0.5, 0.6) is 0 Å². The molecule has 0 aromatic heterocycles. The second-order valence-electron chi connectivity index (χ2n) is 7.21. The highest BCUT2D eigenvalue weighted by atomic mass is 16.4. The van der Waals surface area contributed by atoms with Crippen molar-refractivity contribution in [3.8, 4) is 0 Å². The van der Waals surface area contributed by atoms with Crippen molar-refractivity contribution < 1.29 is 9.90 Å². The summed E-state index contributed by atoms with van der Waals surface area (Å²) in [4.78, 5) is 11.2. The quantitative estimate of drug-likeness (QED) is 0.267. The molecule has 138 valence electrons. The van der Waals surface area contributed by atoms with Crippen molar-refractivity contribution in [2.75, 3.05) is 0 Å². The second-order valence-corrected chi connectivity index (χ2v) is 7.21. The topological polar surface area (TPSA) is 37.3 Å². The van der Waals surface area contributed by atoms with Crippen LogP contribution in [0.2, 0.25) is 0 Å². The van der Waals surface area contributed by atoms with E-state index in [0.29, 0.717) is 0 Å². The van der Waals surface area contributed by atoms with Gasteiger partial charge in [0.25, 0.3) is 0 Å². The van der Waals surface area contributed by atoms with Crippen LogP contribution < -0.4 is 0 Å². The molecule has 0 aromatic carbocycles. The van der Waals surface area contributed by atoms with Gasteiger partial charge < -0.3 is 5.11 Å². The van der Waals surface area contributed by atoms with Gasteiger partial charge in [-0.3, -0.25) is 4.79 Å². The molecule has 0 radical (unpaired) electrons. The van der Waals surface area contributed by atoms with E-state index in [-0.39, 0.29) is 5.92 Å². The average Bonchev–Trinajstić information content (AvgIpc) is 2.54. The van der Waals surface area contributed by atoms with Gasteiger partial charge in [0.2, 0.25) is 0 Å². The van der Waals surface area contributed by atoms with Gasteiger partial charge in [-0.2, -0.15) is 0 Å². The zero-order chi connectivity index (χ0) is 17.2. The molecule has 0 aromatic rings. The first-order valence-corrected chi connectivity index (χ1v) is 10.4. The summed E-state index contributed by atoms with van der Waals surface area (Å²) in [6.45, 7) is 4.40. The van der Waals surface area contributed by atoms with Crippen LogP contribution in [0.3, 0.4) is 0 Å². The van der Waals surface area contributed by atoms with E-state index in [1.807, 2.05) is 0 Å². The highest BCUT2D eigenvalue weighted by Gasteiger charge is 2.15. The highest BCUT2D eigenvalue weighted by molar-refractivity contribution is 5.69. The number of unbranched alkanes of at least 4 members (excludes halogenated alkanes) is 13. The van der Waals surface area contributed by atoms with E-state index in [4.69, 9.17) is 0 Å². The maximum atomic E-state index is 11.2. The minimum absolute atomic E-state index is 0.0948. The molecule has 0 saturated carbocycles. The van der Waals surface area contributed by atoms with Gasteiger partial charge in [0.05, 0.1) is 5.92 Å². The van der Waals surface area contributed by atoms with Gasteiger partial charge in [0, 0.05) is 0 Å². The molecule has 0 aliphatic heterocycles. The van der Waals surface area contributed by atoms with Crippen molar-refractivity contribution in [1.82, 2.24) is 0 Å². The Kier molecular flexibility index (Phi) is 17.4. The number of aliphatic carboxylic acids is 1. The van der Waals surface area contributed by atoms with Gasteiger partial charge >= 0.3 is 5.97 Å². The molecule has 23 heavy (non-hydrogen) atoms. The summed E-state index contributed by atoms with van der Waals surface area (Å²) in [5.74, 6) is -0.681. The van der Waals surface area contributed by atoms with Crippen LogP contribution in [-0.4, -0.2) is 11.1 Å². The Balaban J connectivity index is 3.27. The van der Waals surface area contributed by atoms with Crippen LogP contribution in [0.4, 0.5) is 0 Å². The molecule has 0 rings (SSSR count). The monoisotopic (exact) mass is 326 g/mol. The Morgan fingerprint density at radius 1 is 0.609 bits per heavy atom. The van der Waals surface area contributed by atoms with E-state index in [0.717, 1.165) is 32.1 Å². The lowest BCUT2D eigenvalue weighted by atomic mass is 9.95. The molecule has 0 amide bonds. The Morgan fingerprint density at radius 3 is 1.35 bits per heavy atom. The highest BCUT2D eigenvalue weighted by Crippen LogP contribution is 2.18. The van der Waals surface area contributed by atoms with E-state index in [1.54, 1.807) is 0 Å². The third-order valence-corrected chi connectivity index (χ3v) is 4.91. The Hall–Kier alpha value is -0.530. The number of rotatable bonds is 18.